The molecule has 0 atom stereocenters. The average molecular weight is 425 g/mol. The number of hydrogen-bond donors (Lipinski definition) is 2. The van der Waals surface area contributed by atoms with Crippen LogP contribution in [0.4, 0.5) is 5.82 Å². The molecule has 0 saturated heterocycles. The monoisotopic (exact) mass is 424 g/mol. The molecule has 1 aliphatic carbocycles. The van der Waals surface area contributed by atoms with Crippen molar-refractivity contribution in [3.05, 3.63) is 65.5 Å². The van der Waals surface area contributed by atoms with Crippen LogP contribution in [0.1, 0.15) is 37.1 Å². The van der Waals surface area contributed by atoms with Gasteiger partial charge in [0.25, 0.3) is 0 Å². The average Bonchev–Trinajstić information content (AvgIpc) is 3.42. The van der Waals surface area contributed by atoms with Crippen LogP contribution in [0.25, 0.3) is 5.82 Å². The predicted octanol–water partition coefficient (Wildman–Crippen LogP) is 3.66. The van der Waals surface area contributed by atoms with Crippen molar-refractivity contribution in [1.82, 2.24) is 24.8 Å². The van der Waals surface area contributed by atoms with E-state index in [0.717, 1.165) is 42.9 Å². The Balaban J connectivity index is 1.35. The van der Waals surface area contributed by atoms with E-state index >= 15 is 0 Å². The highest BCUT2D eigenvalue weighted by Crippen LogP contribution is 2.41. The number of halogens is 1. The van der Waals surface area contributed by atoms with Gasteiger partial charge in [-0.15, -0.1) is 0 Å². The molecule has 156 valence electrons. The van der Waals surface area contributed by atoms with Crippen LogP contribution in [0.15, 0.2) is 49.1 Å². The van der Waals surface area contributed by atoms with Gasteiger partial charge >= 0.3 is 0 Å². The molecule has 1 aromatic carbocycles. The molecule has 30 heavy (non-hydrogen) atoms. The number of rotatable bonds is 7. The van der Waals surface area contributed by atoms with Gasteiger partial charge in [-0.05, 0) is 37.5 Å². The maximum Gasteiger partial charge on any atom is 0.230 e. The zero-order chi connectivity index (χ0) is 21.0. The summed E-state index contributed by atoms with van der Waals surface area (Å²) in [4.78, 5) is 25.9. The van der Waals surface area contributed by atoms with E-state index in [4.69, 9.17) is 11.6 Å². The number of nitrogens with zero attached hydrogens (tertiary/aromatic N) is 4. The minimum atomic E-state index is -0.453. The fourth-order valence-corrected chi connectivity index (χ4v) is 4.25. The first-order valence-electron chi connectivity index (χ1n) is 10.2. The van der Waals surface area contributed by atoms with E-state index in [1.807, 2.05) is 48.0 Å². The van der Waals surface area contributed by atoms with Crippen molar-refractivity contribution >= 4 is 23.3 Å². The second kappa shape index (κ2) is 8.83. The quantitative estimate of drug-likeness (QED) is 0.565. The van der Waals surface area contributed by atoms with E-state index in [-0.39, 0.29) is 5.91 Å². The lowest BCUT2D eigenvalue weighted by atomic mass is 9.78. The number of benzene rings is 1. The van der Waals surface area contributed by atoms with Crippen LogP contribution in [0.2, 0.25) is 5.02 Å². The molecule has 2 aromatic heterocycles. The van der Waals surface area contributed by atoms with Gasteiger partial charge in [-0.25, -0.2) is 15.0 Å². The van der Waals surface area contributed by atoms with Crippen LogP contribution in [-0.2, 0) is 10.2 Å². The van der Waals surface area contributed by atoms with Crippen molar-refractivity contribution in [3.8, 4) is 5.82 Å². The van der Waals surface area contributed by atoms with E-state index in [2.05, 4.69) is 25.6 Å². The highest BCUT2D eigenvalue weighted by atomic mass is 35.5. The Morgan fingerprint density at radius 1 is 1.13 bits per heavy atom. The predicted molar refractivity (Wildman–Crippen MR) is 117 cm³/mol. The Labute approximate surface area is 180 Å². The third kappa shape index (κ3) is 4.16. The van der Waals surface area contributed by atoms with Gasteiger partial charge in [-0.2, -0.15) is 0 Å². The van der Waals surface area contributed by atoms with Crippen LogP contribution in [0.3, 0.4) is 0 Å². The molecule has 2 N–H and O–H groups in total. The number of hydrogen-bond acceptors (Lipinski definition) is 5. The zero-order valence-electron chi connectivity index (χ0n) is 16.9. The molecule has 3 aromatic rings. The molecule has 1 saturated carbocycles. The first-order chi connectivity index (χ1) is 14.6. The largest absolute Gasteiger partial charge is 0.368 e. The van der Waals surface area contributed by atoms with Crippen molar-refractivity contribution < 1.29 is 4.79 Å². The van der Waals surface area contributed by atoms with Crippen molar-refractivity contribution in [2.45, 2.75) is 38.0 Å². The maximum atomic E-state index is 13.1. The molecule has 7 nitrogen and oxygen atoms in total. The zero-order valence-corrected chi connectivity index (χ0v) is 17.7. The standard InChI is InChI=1S/C22H25ClN6O/c1-16-24-12-13-29(16)20-14-19(27-15-28-20)25-10-11-26-21(30)22(8-2-3-9-22)17-4-6-18(23)7-5-17/h4-7,12-15H,2-3,8-11H2,1H3,(H,26,30)(H,25,27,28). The van der Waals surface area contributed by atoms with E-state index in [0.29, 0.717) is 23.9 Å². The first kappa shape index (κ1) is 20.3. The van der Waals surface area contributed by atoms with E-state index in [1.54, 1.807) is 6.20 Å². The number of anilines is 1. The summed E-state index contributed by atoms with van der Waals surface area (Å²) in [6.45, 7) is 3.00. The number of carbonyl (C=O) groups is 1. The lowest BCUT2D eigenvalue weighted by Gasteiger charge is -2.28. The lowest BCUT2D eigenvalue weighted by molar-refractivity contribution is -0.126. The topological polar surface area (TPSA) is 84.7 Å². The maximum absolute atomic E-state index is 13.1. The van der Waals surface area contributed by atoms with Crippen molar-refractivity contribution in [2.75, 3.05) is 18.4 Å². The number of aromatic nitrogens is 4. The van der Waals surface area contributed by atoms with Gasteiger partial charge < -0.3 is 10.6 Å². The van der Waals surface area contributed by atoms with Gasteiger partial charge in [0.15, 0.2) is 0 Å². The number of carbonyl (C=O) groups excluding carboxylic acids is 1. The normalized spacial score (nSPS) is 15.1. The summed E-state index contributed by atoms with van der Waals surface area (Å²) in [5.74, 6) is 2.40. The van der Waals surface area contributed by atoms with E-state index in [9.17, 15) is 4.79 Å². The molecule has 0 aliphatic heterocycles. The summed E-state index contributed by atoms with van der Waals surface area (Å²) >= 11 is 6.03. The number of imidazole rings is 1. The highest BCUT2D eigenvalue weighted by Gasteiger charge is 2.42. The van der Waals surface area contributed by atoms with Gasteiger partial charge in [0.05, 0.1) is 5.41 Å². The van der Waals surface area contributed by atoms with Crippen LogP contribution < -0.4 is 10.6 Å². The lowest BCUT2D eigenvalue weighted by Crippen LogP contribution is -2.44. The summed E-state index contributed by atoms with van der Waals surface area (Å²) in [5, 5.41) is 7.05. The van der Waals surface area contributed by atoms with Crippen molar-refractivity contribution in [3.63, 3.8) is 0 Å². The summed E-state index contributed by atoms with van der Waals surface area (Å²) in [7, 11) is 0. The molecular weight excluding hydrogens is 400 g/mol. The van der Waals surface area contributed by atoms with Crippen molar-refractivity contribution in [2.24, 2.45) is 0 Å². The van der Waals surface area contributed by atoms with Gasteiger partial charge in [0, 0.05) is 36.6 Å². The molecule has 0 spiro atoms. The second-order valence-corrected chi connectivity index (χ2v) is 8.02. The Bertz CT molecular complexity index is 1010. The Hall–Kier alpha value is -2.93. The molecule has 0 radical (unpaired) electrons. The third-order valence-electron chi connectivity index (χ3n) is 5.73. The fourth-order valence-electron chi connectivity index (χ4n) is 4.13. The molecule has 2 heterocycles. The fraction of sp³-hybridized carbons (Fsp3) is 0.364. The van der Waals surface area contributed by atoms with Crippen LogP contribution in [-0.4, -0.2) is 38.5 Å². The third-order valence-corrected chi connectivity index (χ3v) is 5.98. The van der Waals surface area contributed by atoms with Gasteiger partial charge in [0.2, 0.25) is 5.91 Å². The van der Waals surface area contributed by atoms with Gasteiger partial charge in [0.1, 0.15) is 23.8 Å². The summed E-state index contributed by atoms with van der Waals surface area (Å²) in [6, 6.07) is 9.54. The molecule has 8 heteroatoms. The van der Waals surface area contributed by atoms with Crippen molar-refractivity contribution in [1.29, 1.82) is 0 Å². The van der Waals surface area contributed by atoms with E-state index < -0.39 is 5.41 Å². The summed E-state index contributed by atoms with van der Waals surface area (Å²) in [5.41, 5.74) is 0.594. The second-order valence-electron chi connectivity index (χ2n) is 7.58. The Morgan fingerprint density at radius 2 is 1.90 bits per heavy atom. The minimum absolute atomic E-state index is 0.0848. The van der Waals surface area contributed by atoms with Gasteiger partial charge in [-0.1, -0.05) is 36.6 Å². The molecule has 1 fully saturated rings. The van der Waals surface area contributed by atoms with E-state index in [1.165, 1.54) is 6.33 Å². The first-order valence-corrected chi connectivity index (χ1v) is 10.6. The molecule has 1 aliphatic rings. The molecule has 0 unspecified atom stereocenters. The number of amides is 1. The molecule has 4 rings (SSSR count). The molecule has 1 amide bonds. The van der Waals surface area contributed by atoms with Gasteiger partial charge in [-0.3, -0.25) is 9.36 Å². The van der Waals surface area contributed by atoms with Crippen LogP contribution >= 0.6 is 11.6 Å². The highest BCUT2D eigenvalue weighted by molar-refractivity contribution is 6.30. The number of nitrogens with one attached hydrogen (secondary N) is 2. The Kier molecular flexibility index (Phi) is 5.99. The molecule has 0 bridgehead atoms. The minimum Gasteiger partial charge on any atom is -0.368 e. The SMILES string of the molecule is Cc1nccn1-c1cc(NCCNC(=O)C2(c3ccc(Cl)cc3)CCCC2)ncn1. The summed E-state index contributed by atoms with van der Waals surface area (Å²) < 4.78 is 1.89. The van der Waals surface area contributed by atoms with Crippen LogP contribution in [0, 0.1) is 6.92 Å². The smallest absolute Gasteiger partial charge is 0.230 e. The number of aryl methyl sites for hydroxylation is 1. The molecular formula is C22H25ClN6O. The Morgan fingerprint density at radius 3 is 2.60 bits per heavy atom. The van der Waals surface area contributed by atoms with Crippen LogP contribution in [0.5, 0.6) is 0 Å². The summed E-state index contributed by atoms with van der Waals surface area (Å²) in [6.07, 6.45) is 8.97.